The fraction of sp³-hybridized carbons (Fsp3) is 0.316. The fourth-order valence-corrected chi connectivity index (χ4v) is 3.13. The molecule has 1 aliphatic rings. The summed E-state index contributed by atoms with van der Waals surface area (Å²) in [4.78, 5) is 12.6. The molecule has 1 heterocycles. The molecule has 0 amide bonds. The number of hydrogen-bond acceptors (Lipinski definition) is 4. The Hall–Kier alpha value is -2.40. The number of methoxy groups -OCH3 is 1. The first-order chi connectivity index (χ1) is 11.7. The normalized spacial score (nSPS) is 14.1. The molecule has 1 atom stereocenters. The lowest BCUT2D eigenvalue weighted by molar-refractivity contribution is -0.143. The Bertz CT molecular complexity index is 743. The van der Waals surface area contributed by atoms with E-state index in [1.807, 2.05) is 24.3 Å². The zero-order valence-electron chi connectivity index (χ0n) is 13.8. The Morgan fingerprint density at radius 1 is 1.17 bits per heavy atom. The van der Waals surface area contributed by atoms with Crippen molar-refractivity contribution < 1.29 is 18.7 Å². The first-order valence-corrected chi connectivity index (χ1v) is 7.97. The Morgan fingerprint density at radius 2 is 1.88 bits per heavy atom. The maximum absolute atomic E-state index is 14.0. The van der Waals surface area contributed by atoms with Crippen LogP contribution in [0.15, 0.2) is 36.4 Å². The van der Waals surface area contributed by atoms with Crippen molar-refractivity contribution in [3.63, 3.8) is 0 Å². The van der Waals surface area contributed by atoms with Crippen LogP contribution >= 0.6 is 0 Å². The number of benzene rings is 2. The van der Waals surface area contributed by atoms with Gasteiger partial charge in [0.25, 0.3) is 0 Å². The van der Waals surface area contributed by atoms with E-state index >= 15 is 0 Å². The second-order valence-electron chi connectivity index (χ2n) is 5.66. The number of nitrogens with one attached hydrogen (secondary N) is 1. The Morgan fingerprint density at radius 3 is 2.54 bits per heavy atom. The fourth-order valence-electron chi connectivity index (χ4n) is 3.13. The Balaban J connectivity index is 2.08. The number of carbonyl (C=O) groups excluding carboxylic acids is 1. The minimum Gasteiger partial charge on any atom is -0.497 e. The highest BCUT2D eigenvalue weighted by Crippen LogP contribution is 2.34. The van der Waals surface area contributed by atoms with Crippen LogP contribution in [0, 0.1) is 5.82 Å². The van der Waals surface area contributed by atoms with Crippen LogP contribution in [0.5, 0.6) is 5.75 Å². The third kappa shape index (κ3) is 2.99. The first kappa shape index (κ1) is 16.5. The zero-order chi connectivity index (χ0) is 17.1. The molecule has 24 heavy (non-hydrogen) atoms. The summed E-state index contributed by atoms with van der Waals surface area (Å²) in [5.41, 5.74) is 3.08. The van der Waals surface area contributed by atoms with Gasteiger partial charge in [0.2, 0.25) is 0 Å². The van der Waals surface area contributed by atoms with Crippen molar-refractivity contribution in [1.29, 1.82) is 0 Å². The van der Waals surface area contributed by atoms with Crippen molar-refractivity contribution >= 4 is 5.97 Å². The van der Waals surface area contributed by atoms with Crippen LogP contribution in [0.2, 0.25) is 0 Å². The van der Waals surface area contributed by atoms with Crippen LogP contribution in [0.1, 0.15) is 35.1 Å². The summed E-state index contributed by atoms with van der Waals surface area (Å²) in [6.45, 7) is 3.11. The van der Waals surface area contributed by atoms with Gasteiger partial charge in [-0.15, -0.1) is 0 Å². The molecule has 3 rings (SSSR count). The zero-order valence-corrected chi connectivity index (χ0v) is 13.8. The van der Waals surface area contributed by atoms with Crippen LogP contribution in [-0.2, 0) is 22.6 Å². The third-order valence-electron chi connectivity index (χ3n) is 4.30. The molecular weight excluding hydrogens is 309 g/mol. The standard InChI is InChI=1S/C19H20FNO3/c1-3-24-19(22)18(12-4-6-13(23-2)7-5-12)14-8-9-17(20)16-11-21-10-15(14)16/h4-9,18,21H,3,10-11H2,1-2H3. The summed E-state index contributed by atoms with van der Waals surface area (Å²) >= 11 is 0. The number of fused-ring (bicyclic) bond motifs is 1. The number of ether oxygens (including phenoxy) is 2. The van der Waals surface area contributed by atoms with Gasteiger partial charge in [0.15, 0.2) is 0 Å². The highest BCUT2D eigenvalue weighted by atomic mass is 19.1. The van der Waals surface area contributed by atoms with Crippen molar-refractivity contribution in [2.45, 2.75) is 25.9 Å². The predicted molar refractivity (Wildman–Crippen MR) is 88.4 cm³/mol. The van der Waals surface area contributed by atoms with Gasteiger partial charge in [-0.3, -0.25) is 4.79 Å². The molecule has 126 valence electrons. The number of rotatable bonds is 5. The van der Waals surface area contributed by atoms with Crippen LogP contribution in [0.25, 0.3) is 0 Å². The van der Waals surface area contributed by atoms with Gasteiger partial charge in [0, 0.05) is 18.7 Å². The Kier molecular flexibility index (Phi) is 4.81. The SMILES string of the molecule is CCOC(=O)C(c1ccc(OC)cc1)c1ccc(F)c2c1CNC2. The van der Waals surface area contributed by atoms with E-state index in [1.165, 1.54) is 6.07 Å². The smallest absolute Gasteiger partial charge is 0.317 e. The van der Waals surface area contributed by atoms with Gasteiger partial charge in [-0.2, -0.15) is 0 Å². The van der Waals surface area contributed by atoms with E-state index in [4.69, 9.17) is 9.47 Å². The van der Waals surface area contributed by atoms with Gasteiger partial charge >= 0.3 is 5.97 Å². The average molecular weight is 329 g/mol. The molecule has 0 aliphatic carbocycles. The summed E-state index contributed by atoms with van der Waals surface area (Å²) in [6.07, 6.45) is 0. The van der Waals surface area contributed by atoms with Crippen LogP contribution in [-0.4, -0.2) is 19.7 Å². The molecule has 4 nitrogen and oxygen atoms in total. The maximum Gasteiger partial charge on any atom is 0.317 e. The topological polar surface area (TPSA) is 47.6 Å². The molecule has 2 aromatic rings. The molecule has 0 aromatic heterocycles. The van der Waals surface area contributed by atoms with E-state index in [1.54, 1.807) is 20.1 Å². The van der Waals surface area contributed by atoms with E-state index < -0.39 is 5.92 Å². The van der Waals surface area contributed by atoms with Gasteiger partial charge in [0.1, 0.15) is 17.5 Å². The monoisotopic (exact) mass is 329 g/mol. The van der Waals surface area contributed by atoms with Crippen LogP contribution < -0.4 is 10.1 Å². The third-order valence-corrected chi connectivity index (χ3v) is 4.30. The predicted octanol–water partition coefficient (Wildman–Crippen LogP) is 3.13. The average Bonchev–Trinajstić information content (AvgIpc) is 3.09. The van der Waals surface area contributed by atoms with E-state index in [2.05, 4.69) is 5.32 Å². The van der Waals surface area contributed by atoms with Gasteiger partial charge in [0.05, 0.1) is 13.7 Å². The van der Waals surface area contributed by atoms with E-state index in [0.29, 0.717) is 31.0 Å². The molecule has 0 bridgehead atoms. The quantitative estimate of drug-likeness (QED) is 0.856. The molecule has 0 radical (unpaired) electrons. The van der Waals surface area contributed by atoms with Crippen LogP contribution in [0.4, 0.5) is 4.39 Å². The minimum atomic E-state index is -0.579. The first-order valence-electron chi connectivity index (χ1n) is 7.97. The van der Waals surface area contributed by atoms with Crippen molar-refractivity contribution in [2.75, 3.05) is 13.7 Å². The molecule has 1 unspecified atom stereocenters. The van der Waals surface area contributed by atoms with Gasteiger partial charge < -0.3 is 14.8 Å². The molecular formula is C19H20FNO3. The van der Waals surface area contributed by atoms with E-state index in [0.717, 1.165) is 16.7 Å². The summed E-state index contributed by atoms with van der Waals surface area (Å²) in [6, 6.07) is 10.4. The lowest BCUT2D eigenvalue weighted by Crippen LogP contribution is -2.19. The van der Waals surface area contributed by atoms with E-state index in [-0.39, 0.29) is 11.8 Å². The summed E-state index contributed by atoms with van der Waals surface area (Å²) in [7, 11) is 1.59. The lowest BCUT2D eigenvalue weighted by Gasteiger charge is -2.20. The van der Waals surface area contributed by atoms with Gasteiger partial charge in [-0.1, -0.05) is 18.2 Å². The summed E-state index contributed by atoms with van der Waals surface area (Å²) in [5.74, 6) is -0.433. The highest BCUT2D eigenvalue weighted by molar-refractivity contribution is 5.83. The molecule has 0 saturated heterocycles. The number of carbonyl (C=O) groups is 1. The highest BCUT2D eigenvalue weighted by Gasteiger charge is 2.30. The number of esters is 1. The molecule has 2 aromatic carbocycles. The second kappa shape index (κ2) is 7.01. The largest absolute Gasteiger partial charge is 0.497 e. The summed E-state index contributed by atoms with van der Waals surface area (Å²) < 4.78 is 24.5. The maximum atomic E-state index is 14.0. The van der Waals surface area contributed by atoms with Crippen molar-refractivity contribution in [3.05, 3.63) is 64.5 Å². The van der Waals surface area contributed by atoms with Gasteiger partial charge in [-0.05, 0) is 41.8 Å². The molecule has 1 aliphatic heterocycles. The van der Waals surface area contributed by atoms with Crippen molar-refractivity contribution in [2.24, 2.45) is 0 Å². The molecule has 5 heteroatoms. The molecule has 0 saturated carbocycles. The molecule has 0 fully saturated rings. The summed E-state index contributed by atoms with van der Waals surface area (Å²) in [5, 5.41) is 3.15. The van der Waals surface area contributed by atoms with Crippen LogP contribution in [0.3, 0.4) is 0 Å². The number of hydrogen-bond donors (Lipinski definition) is 1. The van der Waals surface area contributed by atoms with Crippen molar-refractivity contribution in [3.8, 4) is 5.75 Å². The molecule has 1 N–H and O–H groups in total. The van der Waals surface area contributed by atoms with Crippen molar-refractivity contribution in [1.82, 2.24) is 5.32 Å². The van der Waals surface area contributed by atoms with Gasteiger partial charge in [-0.25, -0.2) is 4.39 Å². The Labute approximate surface area is 140 Å². The minimum absolute atomic E-state index is 0.240. The molecule has 0 spiro atoms. The lowest BCUT2D eigenvalue weighted by atomic mass is 9.86. The second-order valence-corrected chi connectivity index (χ2v) is 5.66. The van der Waals surface area contributed by atoms with E-state index in [9.17, 15) is 9.18 Å². The number of halogens is 1.